The Morgan fingerprint density at radius 2 is 1.33 bits per heavy atom. The van der Waals surface area contributed by atoms with Gasteiger partial charge < -0.3 is 9.15 Å². The van der Waals surface area contributed by atoms with Crippen LogP contribution in [0.15, 0.2) is 114 Å². The van der Waals surface area contributed by atoms with Gasteiger partial charge in [0, 0.05) is 40.0 Å². The largest absolute Gasteiger partial charge is 0.456 e. The third-order valence-electron chi connectivity index (χ3n) is 9.76. The number of hydrogen-bond donors (Lipinski definition) is 0. The van der Waals surface area contributed by atoms with Crippen molar-refractivity contribution < 1.29 is 21.5 Å². The van der Waals surface area contributed by atoms with E-state index in [9.17, 15) is 0 Å². The first-order valence-electron chi connectivity index (χ1n) is 20.4. The van der Waals surface area contributed by atoms with Gasteiger partial charge in [0.25, 0.3) is 0 Å². The molecule has 9 rings (SSSR count). The number of aryl methyl sites for hydroxylation is 4. The van der Waals surface area contributed by atoms with Crippen LogP contribution in [0.3, 0.4) is 0 Å². The van der Waals surface area contributed by atoms with Crippen LogP contribution in [-0.2, 0) is 5.41 Å². The van der Waals surface area contributed by atoms with Gasteiger partial charge in [-0.05, 0) is 108 Å². The number of oxazole rings is 1. The molecular weight excluding hydrogens is 588 g/mol. The molecular formula is C44H36N2O2. The second-order valence-electron chi connectivity index (χ2n) is 12.8. The maximum atomic E-state index is 8.70. The van der Waals surface area contributed by atoms with Crippen LogP contribution in [0.2, 0.25) is 0 Å². The summed E-state index contributed by atoms with van der Waals surface area (Å²) < 4.78 is 92.7. The Balaban J connectivity index is 1.30. The van der Waals surface area contributed by atoms with E-state index in [2.05, 4.69) is 0 Å². The molecule has 2 aromatic heterocycles. The zero-order valence-corrected chi connectivity index (χ0v) is 26.6. The summed E-state index contributed by atoms with van der Waals surface area (Å²) in [6.45, 7) is -2.18. The minimum atomic E-state index is -2.63. The Morgan fingerprint density at radius 3 is 2.10 bits per heavy atom. The lowest BCUT2D eigenvalue weighted by molar-refractivity contribution is 0.419. The molecule has 0 amide bonds. The van der Waals surface area contributed by atoms with Crippen LogP contribution in [-0.4, -0.2) is 9.38 Å². The van der Waals surface area contributed by atoms with Gasteiger partial charge in [0.15, 0.2) is 5.58 Å². The smallest absolute Gasteiger partial charge is 0.307 e. The summed E-state index contributed by atoms with van der Waals surface area (Å²) in [5, 5.41) is 0. The first kappa shape index (κ1) is 20.6. The number of imidazole rings is 1. The van der Waals surface area contributed by atoms with Crippen molar-refractivity contribution in [2.75, 3.05) is 0 Å². The van der Waals surface area contributed by atoms with Crippen LogP contribution in [0.25, 0.3) is 61.4 Å². The van der Waals surface area contributed by atoms with Crippen molar-refractivity contribution >= 4 is 28.0 Å². The fourth-order valence-electron chi connectivity index (χ4n) is 7.31. The summed E-state index contributed by atoms with van der Waals surface area (Å²) in [5.41, 5.74) is 7.04. The zero-order chi connectivity index (χ0) is 40.4. The van der Waals surface area contributed by atoms with Gasteiger partial charge in [-0.2, -0.15) is 4.98 Å². The predicted molar refractivity (Wildman–Crippen MR) is 196 cm³/mol. The molecule has 3 heterocycles. The highest BCUT2D eigenvalue weighted by atomic mass is 16.5. The standard InChI is InChI=1S/C44H36N2O2/c1-25-15-19-29(39-27(3)17-21-34-41(39)47-38-14-10-7-11-33(38)44(34,5)6)23-31(25)32-24-30(20-16-26(32)2)40-28(4)18-22-37-42(40)48-43-45-35-12-8-9-13-36(35)46(37)43/h7-24H,1-6H3/i1D3,2D3,5D3. The van der Waals surface area contributed by atoms with Gasteiger partial charge in [-0.3, -0.25) is 4.40 Å². The molecule has 0 N–H and O–H groups in total. The van der Waals surface area contributed by atoms with Crippen molar-refractivity contribution in [2.45, 2.75) is 46.7 Å². The van der Waals surface area contributed by atoms with E-state index in [-0.39, 0.29) is 22.3 Å². The van der Waals surface area contributed by atoms with Gasteiger partial charge in [-0.1, -0.05) is 86.6 Å². The maximum absolute atomic E-state index is 8.70. The molecule has 1 aliphatic heterocycles. The van der Waals surface area contributed by atoms with Gasteiger partial charge in [-0.25, -0.2) is 0 Å². The Hall–Kier alpha value is -5.61. The highest BCUT2D eigenvalue weighted by Gasteiger charge is 2.36. The molecule has 0 saturated carbocycles. The molecule has 48 heavy (non-hydrogen) atoms. The maximum Gasteiger partial charge on any atom is 0.307 e. The van der Waals surface area contributed by atoms with Crippen LogP contribution in [0.4, 0.5) is 0 Å². The van der Waals surface area contributed by atoms with Crippen molar-refractivity contribution in [3.05, 3.63) is 143 Å². The molecule has 0 aliphatic carbocycles. The van der Waals surface area contributed by atoms with E-state index in [0.29, 0.717) is 50.7 Å². The minimum absolute atomic E-state index is 0.0223. The van der Waals surface area contributed by atoms with E-state index in [0.717, 1.165) is 33.2 Å². The van der Waals surface area contributed by atoms with Gasteiger partial charge in [0.2, 0.25) is 0 Å². The SMILES string of the molecule is [2H]C([2H])([2H])c1ccc(-c2c(C)ccc3c2Oc2ccccc2C3(C)C([2H])([2H])[2H])cc1-c1cc(-c2c(C)ccc3c2oc2nc4ccccc4n23)ccc1C([2H])([2H])[2H]. The summed E-state index contributed by atoms with van der Waals surface area (Å²) in [4.78, 5) is 4.70. The van der Waals surface area contributed by atoms with Crippen LogP contribution >= 0.6 is 0 Å². The number of ether oxygens (including phenoxy) is 1. The van der Waals surface area contributed by atoms with E-state index < -0.39 is 26.0 Å². The third-order valence-corrected chi connectivity index (χ3v) is 9.76. The Bertz CT molecular complexity index is 2950. The molecule has 6 aromatic carbocycles. The number of para-hydroxylation sites is 3. The highest BCUT2D eigenvalue weighted by Crippen LogP contribution is 2.52. The molecule has 0 spiro atoms. The number of hydrogen-bond acceptors (Lipinski definition) is 3. The molecule has 8 aromatic rings. The average molecular weight is 634 g/mol. The predicted octanol–water partition coefficient (Wildman–Crippen LogP) is 11.9. The van der Waals surface area contributed by atoms with E-state index in [4.69, 9.17) is 26.5 Å². The van der Waals surface area contributed by atoms with Crippen molar-refractivity contribution in [2.24, 2.45) is 0 Å². The topological polar surface area (TPSA) is 39.7 Å². The Morgan fingerprint density at radius 1 is 0.667 bits per heavy atom. The lowest BCUT2D eigenvalue weighted by atomic mass is 9.74. The molecule has 0 saturated heterocycles. The van der Waals surface area contributed by atoms with Crippen molar-refractivity contribution in [1.29, 1.82) is 0 Å². The summed E-state index contributed by atoms with van der Waals surface area (Å²) >= 11 is 0. The summed E-state index contributed by atoms with van der Waals surface area (Å²) in [5.74, 6) is 1.17. The molecule has 234 valence electrons. The number of fused-ring (bicyclic) bond motifs is 7. The van der Waals surface area contributed by atoms with Crippen molar-refractivity contribution in [1.82, 2.24) is 9.38 Å². The van der Waals surface area contributed by atoms with Crippen molar-refractivity contribution in [3.8, 4) is 44.9 Å². The third kappa shape index (κ3) is 4.05. The van der Waals surface area contributed by atoms with Crippen LogP contribution in [0.5, 0.6) is 11.5 Å². The number of benzene rings is 6. The molecule has 1 aliphatic rings. The lowest BCUT2D eigenvalue weighted by Crippen LogP contribution is -2.24. The van der Waals surface area contributed by atoms with Gasteiger partial charge in [0.1, 0.15) is 11.5 Å². The normalized spacial score (nSPS) is 19.1. The average Bonchev–Trinajstić information content (AvgIpc) is 3.69. The van der Waals surface area contributed by atoms with Crippen LogP contribution < -0.4 is 4.74 Å². The number of nitrogens with zero attached hydrogens (tertiary/aromatic N) is 2. The molecule has 0 radical (unpaired) electrons. The molecule has 4 nitrogen and oxygen atoms in total. The second-order valence-corrected chi connectivity index (χ2v) is 12.8. The van der Waals surface area contributed by atoms with E-state index in [1.54, 1.807) is 61.5 Å². The van der Waals surface area contributed by atoms with E-state index in [1.165, 1.54) is 12.1 Å². The monoisotopic (exact) mass is 633 g/mol. The fraction of sp³-hybridized carbons (Fsp3) is 0.159. The van der Waals surface area contributed by atoms with E-state index in [1.807, 2.05) is 60.7 Å². The fourth-order valence-corrected chi connectivity index (χ4v) is 7.31. The molecule has 1 unspecified atom stereocenters. The first-order valence-corrected chi connectivity index (χ1v) is 15.9. The lowest BCUT2D eigenvalue weighted by Gasteiger charge is -2.36. The zero-order valence-electron chi connectivity index (χ0n) is 35.6. The van der Waals surface area contributed by atoms with Gasteiger partial charge >= 0.3 is 5.84 Å². The number of rotatable bonds is 3. The summed E-state index contributed by atoms with van der Waals surface area (Å²) in [6.07, 6.45) is 0. The minimum Gasteiger partial charge on any atom is -0.456 e. The van der Waals surface area contributed by atoms with Gasteiger partial charge in [0.05, 0.1) is 16.6 Å². The highest BCUT2D eigenvalue weighted by molar-refractivity contribution is 5.98. The Kier molecular flexibility index (Phi) is 4.37. The molecule has 0 bridgehead atoms. The molecule has 1 atom stereocenters. The van der Waals surface area contributed by atoms with Crippen LogP contribution in [0.1, 0.15) is 59.5 Å². The first-order chi connectivity index (χ1) is 26.9. The summed E-state index contributed by atoms with van der Waals surface area (Å²) in [7, 11) is 0. The molecule has 0 fully saturated rings. The van der Waals surface area contributed by atoms with E-state index >= 15 is 0 Å². The van der Waals surface area contributed by atoms with Gasteiger partial charge in [-0.15, -0.1) is 0 Å². The second kappa shape index (κ2) is 10.2. The Labute approximate surface area is 292 Å². The van der Waals surface area contributed by atoms with Crippen molar-refractivity contribution in [3.63, 3.8) is 0 Å². The van der Waals surface area contributed by atoms with Crippen LogP contribution in [0, 0.1) is 27.6 Å². The summed E-state index contributed by atoms with van der Waals surface area (Å²) in [6, 6.07) is 32.2. The molecule has 4 heteroatoms. The number of aromatic nitrogens is 2. The quantitative estimate of drug-likeness (QED) is 0.194.